The number of carboxylic acids is 1. The lowest BCUT2D eigenvalue weighted by Gasteiger charge is -2.22. The number of hydrogen-bond donors (Lipinski definition) is 2. The van der Waals surface area contributed by atoms with E-state index in [0.717, 1.165) is 9.87 Å². The molecule has 1 fully saturated rings. The fourth-order valence-electron chi connectivity index (χ4n) is 2.54. The lowest BCUT2D eigenvalue weighted by molar-refractivity contribution is -0.140. The van der Waals surface area contributed by atoms with Crippen molar-refractivity contribution in [1.29, 1.82) is 0 Å². The quantitative estimate of drug-likeness (QED) is 0.869. The first-order valence-electron chi connectivity index (χ1n) is 7.07. The van der Waals surface area contributed by atoms with E-state index < -0.39 is 28.1 Å². The number of aliphatic hydroxyl groups is 1. The van der Waals surface area contributed by atoms with Gasteiger partial charge in [-0.2, -0.15) is 4.31 Å². The van der Waals surface area contributed by atoms with Crippen LogP contribution in [-0.4, -0.2) is 47.6 Å². The number of hydrogen-bond acceptors (Lipinski definition) is 4. The van der Waals surface area contributed by atoms with Gasteiger partial charge in [-0.1, -0.05) is 32.9 Å². The van der Waals surface area contributed by atoms with Gasteiger partial charge in [-0.25, -0.2) is 8.42 Å². The zero-order valence-corrected chi connectivity index (χ0v) is 13.7. The number of carbonyl (C=O) groups is 1. The molecule has 7 heteroatoms. The Morgan fingerprint density at radius 2 is 1.77 bits per heavy atom. The van der Waals surface area contributed by atoms with Gasteiger partial charge < -0.3 is 10.2 Å². The molecule has 6 nitrogen and oxygen atoms in total. The number of nitrogens with zero attached hydrogens (tertiary/aromatic N) is 1. The predicted molar refractivity (Wildman–Crippen MR) is 81.1 cm³/mol. The highest BCUT2D eigenvalue weighted by Gasteiger charge is 2.43. The largest absolute Gasteiger partial charge is 0.480 e. The van der Waals surface area contributed by atoms with E-state index >= 15 is 0 Å². The standard InChI is InChI=1S/C15H21NO5S/c1-15(2,3)10-4-6-12(7-5-10)22(20,21)16-9-11(17)8-13(16)14(18)19/h4-7,11,13,17H,8-9H2,1-3H3,(H,18,19). The van der Waals surface area contributed by atoms with E-state index in [9.17, 15) is 18.3 Å². The van der Waals surface area contributed by atoms with Crippen LogP contribution in [0.3, 0.4) is 0 Å². The van der Waals surface area contributed by atoms with Crippen LogP contribution in [0.15, 0.2) is 29.2 Å². The topological polar surface area (TPSA) is 94.9 Å². The summed E-state index contributed by atoms with van der Waals surface area (Å²) in [6.45, 7) is 5.87. The van der Waals surface area contributed by atoms with Crippen LogP contribution in [0.1, 0.15) is 32.8 Å². The predicted octanol–water partition coefficient (Wildman–Crippen LogP) is 1.19. The minimum atomic E-state index is -3.94. The Labute approximate surface area is 130 Å². The summed E-state index contributed by atoms with van der Waals surface area (Å²) in [5.74, 6) is -1.24. The molecule has 1 aliphatic heterocycles. The monoisotopic (exact) mass is 327 g/mol. The Morgan fingerprint density at radius 1 is 1.23 bits per heavy atom. The number of benzene rings is 1. The second-order valence-corrected chi connectivity index (χ2v) is 8.48. The number of aliphatic hydroxyl groups excluding tert-OH is 1. The molecule has 2 rings (SSSR count). The van der Waals surface area contributed by atoms with Crippen LogP contribution in [-0.2, 0) is 20.2 Å². The highest BCUT2D eigenvalue weighted by atomic mass is 32.2. The number of β-amino-alcohol motifs (C(OH)–C–C–N with tert-alkyl or cyclic N) is 1. The third kappa shape index (κ3) is 3.16. The van der Waals surface area contributed by atoms with Gasteiger partial charge in [-0.15, -0.1) is 0 Å². The molecule has 1 aromatic carbocycles. The molecule has 1 heterocycles. The van der Waals surface area contributed by atoms with Gasteiger partial charge in [0.05, 0.1) is 11.0 Å². The van der Waals surface area contributed by atoms with Gasteiger partial charge in [0.15, 0.2) is 0 Å². The highest BCUT2D eigenvalue weighted by Crippen LogP contribution is 2.28. The number of rotatable bonds is 3. The van der Waals surface area contributed by atoms with Crippen LogP contribution < -0.4 is 0 Å². The normalized spacial score (nSPS) is 23.6. The minimum absolute atomic E-state index is 0.0425. The molecule has 2 atom stereocenters. The van der Waals surface area contributed by atoms with E-state index in [1.165, 1.54) is 12.1 Å². The number of aliphatic carboxylic acids is 1. The zero-order valence-electron chi connectivity index (χ0n) is 12.9. The van der Waals surface area contributed by atoms with Gasteiger partial charge >= 0.3 is 5.97 Å². The molecule has 2 N–H and O–H groups in total. The van der Waals surface area contributed by atoms with Crippen molar-refractivity contribution in [2.24, 2.45) is 0 Å². The molecule has 22 heavy (non-hydrogen) atoms. The summed E-state index contributed by atoms with van der Waals surface area (Å²) in [5, 5.41) is 18.8. The third-order valence-electron chi connectivity index (χ3n) is 3.85. The maximum absolute atomic E-state index is 12.6. The maximum atomic E-state index is 12.6. The Kier molecular flexibility index (Phi) is 4.34. The van der Waals surface area contributed by atoms with E-state index in [1.807, 2.05) is 20.8 Å². The summed E-state index contributed by atoms with van der Waals surface area (Å²) in [6, 6.07) is 5.21. The van der Waals surface area contributed by atoms with Gasteiger partial charge in [0, 0.05) is 13.0 Å². The molecule has 1 aliphatic rings. The molecule has 0 aliphatic carbocycles. The molecule has 1 aromatic rings. The average Bonchev–Trinajstić information content (AvgIpc) is 2.81. The minimum Gasteiger partial charge on any atom is -0.480 e. The molecule has 2 unspecified atom stereocenters. The molecule has 0 saturated carbocycles. The van der Waals surface area contributed by atoms with Crippen LogP contribution >= 0.6 is 0 Å². The molecule has 0 bridgehead atoms. The first kappa shape index (κ1) is 16.9. The summed E-state index contributed by atoms with van der Waals surface area (Å²) < 4.78 is 26.1. The molecule has 0 amide bonds. The van der Waals surface area contributed by atoms with Crippen LogP contribution in [0.25, 0.3) is 0 Å². The van der Waals surface area contributed by atoms with E-state index in [4.69, 9.17) is 5.11 Å². The third-order valence-corrected chi connectivity index (χ3v) is 5.73. The van der Waals surface area contributed by atoms with Gasteiger partial charge in [0.2, 0.25) is 10.0 Å². The van der Waals surface area contributed by atoms with Gasteiger partial charge in [0.25, 0.3) is 0 Å². The van der Waals surface area contributed by atoms with E-state index in [0.29, 0.717) is 0 Å². The van der Waals surface area contributed by atoms with Crippen molar-refractivity contribution in [2.75, 3.05) is 6.54 Å². The van der Waals surface area contributed by atoms with Crippen LogP contribution in [0.4, 0.5) is 0 Å². The molecular formula is C15H21NO5S. The first-order chi connectivity index (χ1) is 10.0. The summed E-state index contributed by atoms with van der Waals surface area (Å²) in [4.78, 5) is 11.2. The summed E-state index contributed by atoms with van der Waals surface area (Å²) in [5.41, 5.74) is 0.887. The van der Waals surface area contributed by atoms with Gasteiger partial charge in [-0.05, 0) is 23.1 Å². The van der Waals surface area contributed by atoms with Crippen molar-refractivity contribution in [3.05, 3.63) is 29.8 Å². The van der Waals surface area contributed by atoms with Crippen molar-refractivity contribution < 1.29 is 23.4 Å². The molecule has 0 spiro atoms. The van der Waals surface area contributed by atoms with Crippen molar-refractivity contribution in [1.82, 2.24) is 4.31 Å². The fraction of sp³-hybridized carbons (Fsp3) is 0.533. The SMILES string of the molecule is CC(C)(C)c1ccc(S(=O)(=O)N2CC(O)CC2C(=O)O)cc1. The van der Waals surface area contributed by atoms with Crippen LogP contribution in [0.2, 0.25) is 0 Å². The van der Waals surface area contributed by atoms with Crippen molar-refractivity contribution in [3.8, 4) is 0 Å². The molecule has 0 radical (unpaired) electrons. The molecule has 1 saturated heterocycles. The zero-order chi connectivity index (χ0) is 16.7. The Hall–Kier alpha value is -1.44. The fourth-order valence-corrected chi connectivity index (χ4v) is 4.17. The molecule has 0 aromatic heterocycles. The van der Waals surface area contributed by atoms with Crippen molar-refractivity contribution >= 4 is 16.0 Å². The smallest absolute Gasteiger partial charge is 0.322 e. The number of carboxylic acid groups (broad SMARTS) is 1. The van der Waals surface area contributed by atoms with Crippen molar-refractivity contribution in [2.45, 2.75) is 49.6 Å². The lowest BCUT2D eigenvalue weighted by Crippen LogP contribution is -2.40. The van der Waals surface area contributed by atoms with E-state index in [1.54, 1.807) is 12.1 Å². The highest BCUT2D eigenvalue weighted by molar-refractivity contribution is 7.89. The second kappa shape index (κ2) is 5.64. The lowest BCUT2D eigenvalue weighted by atomic mass is 9.87. The van der Waals surface area contributed by atoms with Crippen LogP contribution in [0.5, 0.6) is 0 Å². The second-order valence-electron chi connectivity index (χ2n) is 6.59. The number of sulfonamides is 1. The van der Waals surface area contributed by atoms with Gasteiger partial charge in [-0.3, -0.25) is 4.79 Å². The van der Waals surface area contributed by atoms with E-state index in [-0.39, 0.29) is 23.3 Å². The Bertz CT molecular complexity index is 660. The first-order valence-corrected chi connectivity index (χ1v) is 8.51. The summed E-state index contributed by atoms with van der Waals surface area (Å²) in [6.07, 6.45) is -1.04. The molecular weight excluding hydrogens is 306 g/mol. The van der Waals surface area contributed by atoms with E-state index in [2.05, 4.69) is 0 Å². The molecule has 122 valence electrons. The summed E-state index contributed by atoms with van der Waals surface area (Å²) in [7, 11) is -3.94. The van der Waals surface area contributed by atoms with Crippen molar-refractivity contribution in [3.63, 3.8) is 0 Å². The Balaban J connectivity index is 2.36. The summed E-state index contributed by atoms with van der Waals surface area (Å²) >= 11 is 0. The average molecular weight is 327 g/mol. The van der Waals surface area contributed by atoms with Crippen LogP contribution in [0, 0.1) is 0 Å². The maximum Gasteiger partial charge on any atom is 0.322 e. The van der Waals surface area contributed by atoms with Gasteiger partial charge in [0.1, 0.15) is 6.04 Å². The Morgan fingerprint density at radius 3 is 2.23 bits per heavy atom.